The van der Waals surface area contributed by atoms with Gasteiger partial charge < -0.3 is 19.5 Å². The van der Waals surface area contributed by atoms with E-state index in [0.29, 0.717) is 69.8 Å². The Morgan fingerprint density at radius 1 is 1.19 bits per heavy atom. The smallest absolute Gasteiger partial charge is 0.341 e. The number of carbonyl (C=O) groups excluding carboxylic acids is 1. The lowest BCUT2D eigenvalue weighted by Crippen LogP contribution is -2.37. The Bertz CT molecular complexity index is 1760. The summed E-state index contributed by atoms with van der Waals surface area (Å²) in [5.74, 6) is -0.116. The Balaban J connectivity index is 1.54. The predicted octanol–water partition coefficient (Wildman–Crippen LogP) is 6.30. The van der Waals surface area contributed by atoms with Crippen LogP contribution in [0.15, 0.2) is 52.3 Å². The van der Waals surface area contributed by atoms with Crippen LogP contribution in [0.2, 0.25) is 5.02 Å². The molecule has 1 aliphatic carbocycles. The first kappa shape index (κ1) is 28.5. The first-order valence-corrected chi connectivity index (χ1v) is 15.4. The van der Waals surface area contributed by atoms with E-state index in [9.17, 15) is 14.7 Å². The molecule has 42 heavy (non-hydrogen) atoms. The third kappa shape index (κ3) is 5.21. The number of aliphatic imine (C=N–C) groups is 1. The highest BCUT2D eigenvalue weighted by molar-refractivity contribution is 7.16. The van der Waals surface area contributed by atoms with Gasteiger partial charge in [0.1, 0.15) is 5.00 Å². The second-order valence-corrected chi connectivity index (χ2v) is 12.2. The molecule has 0 spiro atoms. The van der Waals surface area contributed by atoms with Gasteiger partial charge in [-0.15, -0.1) is 11.3 Å². The minimum absolute atomic E-state index is 0.258. The number of morpholine rings is 1. The third-order valence-electron chi connectivity index (χ3n) is 7.92. The summed E-state index contributed by atoms with van der Waals surface area (Å²) in [5, 5.41) is 13.7. The zero-order valence-electron chi connectivity index (χ0n) is 23.6. The van der Waals surface area contributed by atoms with Crippen LogP contribution in [0.25, 0.3) is 16.5 Å². The van der Waals surface area contributed by atoms with E-state index in [-0.39, 0.29) is 24.0 Å². The van der Waals surface area contributed by atoms with Crippen LogP contribution in [0.3, 0.4) is 0 Å². The van der Waals surface area contributed by atoms with Crippen LogP contribution in [-0.2, 0) is 22.3 Å². The molecule has 0 radical (unpaired) electrons. The van der Waals surface area contributed by atoms with Crippen LogP contribution in [0.1, 0.15) is 46.6 Å². The fourth-order valence-corrected chi connectivity index (χ4v) is 7.33. The molecule has 1 saturated heterocycles. The maximum absolute atomic E-state index is 13.9. The molecule has 10 heteroatoms. The molecule has 2 aromatic heterocycles. The first-order chi connectivity index (χ1) is 20.4. The molecule has 0 unspecified atom stereocenters. The SMILES string of the molecule is CCOC(=O)c1c(N=Cc2c(O)n(-c3cc(Cl)ccc3N3CCOCC3)c(=O)c3ccccc23)sc2c1CC[C@@H](C)C2. The largest absolute Gasteiger partial charge is 0.494 e. The second kappa shape index (κ2) is 11.9. The van der Waals surface area contributed by atoms with Crippen molar-refractivity contribution in [2.24, 2.45) is 10.9 Å². The molecular formula is C32H32ClN3O5S. The van der Waals surface area contributed by atoms with Crippen LogP contribution in [0.4, 0.5) is 10.7 Å². The number of pyridine rings is 1. The number of anilines is 1. The van der Waals surface area contributed by atoms with Crippen molar-refractivity contribution < 1.29 is 19.4 Å². The number of rotatable bonds is 6. The summed E-state index contributed by atoms with van der Waals surface area (Å²) in [7, 11) is 0. The van der Waals surface area contributed by atoms with Crippen molar-refractivity contribution in [3.05, 3.63) is 79.4 Å². The van der Waals surface area contributed by atoms with Crippen LogP contribution in [0.5, 0.6) is 5.88 Å². The number of fused-ring (bicyclic) bond motifs is 2. The lowest BCUT2D eigenvalue weighted by Gasteiger charge is -2.31. The average Bonchev–Trinajstić information content (AvgIpc) is 3.35. The molecule has 6 rings (SSSR count). The molecule has 1 aliphatic heterocycles. The van der Waals surface area contributed by atoms with E-state index in [2.05, 4.69) is 11.8 Å². The number of ether oxygens (including phenoxy) is 2. The van der Waals surface area contributed by atoms with Crippen molar-refractivity contribution in [1.29, 1.82) is 0 Å². The van der Waals surface area contributed by atoms with Gasteiger partial charge in [-0.1, -0.05) is 36.7 Å². The van der Waals surface area contributed by atoms with Gasteiger partial charge in [0.05, 0.1) is 42.3 Å². The zero-order valence-corrected chi connectivity index (χ0v) is 25.1. The fourth-order valence-electron chi connectivity index (χ4n) is 5.82. The molecule has 0 saturated carbocycles. The maximum Gasteiger partial charge on any atom is 0.341 e. The van der Waals surface area contributed by atoms with E-state index in [4.69, 9.17) is 26.1 Å². The molecule has 3 heterocycles. The third-order valence-corrected chi connectivity index (χ3v) is 9.31. The molecule has 218 valence electrons. The van der Waals surface area contributed by atoms with Gasteiger partial charge in [-0.05, 0) is 61.9 Å². The minimum Gasteiger partial charge on any atom is -0.494 e. The van der Waals surface area contributed by atoms with Crippen LogP contribution >= 0.6 is 22.9 Å². The van der Waals surface area contributed by atoms with E-state index in [1.807, 2.05) is 12.1 Å². The van der Waals surface area contributed by atoms with Crippen molar-refractivity contribution >= 4 is 56.6 Å². The van der Waals surface area contributed by atoms with Crippen molar-refractivity contribution in [3.63, 3.8) is 0 Å². The highest BCUT2D eigenvalue weighted by atomic mass is 35.5. The van der Waals surface area contributed by atoms with Gasteiger partial charge in [-0.2, -0.15) is 0 Å². The second-order valence-electron chi connectivity index (χ2n) is 10.7. The monoisotopic (exact) mass is 605 g/mol. The van der Waals surface area contributed by atoms with Crippen molar-refractivity contribution in [1.82, 2.24) is 4.57 Å². The quantitative estimate of drug-likeness (QED) is 0.205. The highest BCUT2D eigenvalue weighted by Gasteiger charge is 2.29. The normalized spacial score (nSPS) is 17.1. The van der Waals surface area contributed by atoms with Gasteiger partial charge in [0.25, 0.3) is 5.56 Å². The van der Waals surface area contributed by atoms with E-state index in [1.165, 1.54) is 15.9 Å². The van der Waals surface area contributed by atoms with Crippen LogP contribution in [0, 0.1) is 5.92 Å². The number of nitrogens with zero attached hydrogens (tertiary/aromatic N) is 3. The van der Waals surface area contributed by atoms with E-state index >= 15 is 0 Å². The molecule has 8 nitrogen and oxygen atoms in total. The van der Waals surface area contributed by atoms with Crippen molar-refractivity contribution in [2.75, 3.05) is 37.8 Å². The Kier molecular flexibility index (Phi) is 8.07. The van der Waals surface area contributed by atoms with Crippen molar-refractivity contribution in [3.8, 4) is 11.6 Å². The number of carbonyl (C=O) groups is 1. The number of thiophene rings is 1. The number of hydrogen-bond acceptors (Lipinski definition) is 8. The van der Waals surface area contributed by atoms with Gasteiger partial charge in [0.2, 0.25) is 5.88 Å². The van der Waals surface area contributed by atoms with Gasteiger partial charge in [0, 0.05) is 40.0 Å². The molecule has 0 bridgehead atoms. The molecule has 1 atom stereocenters. The van der Waals surface area contributed by atoms with Gasteiger partial charge in [0.15, 0.2) is 0 Å². The predicted molar refractivity (Wildman–Crippen MR) is 168 cm³/mol. The number of aromatic hydroxyl groups is 1. The Labute approximate surface area is 252 Å². The standard InChI is InChI=1S/C32H32ClN3O5S/c1-3-41-32(39)28-23-10-8-19(2)16-27(23)42-29(28)34-18-24-21-6-4-5-7-22(21)30(37)36(31(24)38)26-17-20(33)9-11-25(26)35-12-14-40-15-13-35/h4-7,9,11,17-19,38H,3,8,10,12-16H2,1-2H3/t19-/m1/s1. The molecular weight excluding hydrogens is 574 g/mol. The molecule has 2 aliphatic rings. The van der Waals surface area contributed by atoms with Crippen LogP contribution in [-0.4, -0.2) is 54.8 Å². The lowest BCUT2D eigenvalue weighted by molar-refractivity contribution is 0.0526. The number of aromatic nitrogens is 1. The van der Waals surface area contributed by atoms with E-state index < -0.39 is 0 Å². The fraction of sp³-hybridized carbons (Fsp3) is 0.344. The molecule has 1 fully saturated rings. The summed E-state index contributed by atoms with van der Waals surface area (Å²) < 4.78 is 12.2. The Morgan fingerprint density at radius 3 is 2.71 bits per heavy atom. The summed E-state index contributed by atoms with van der Waals surface area (Å²) in [4.78, 5) is 35.0. The average molecular weight is 606 g/mol. The van der Waals surface area contributed by atoms with E-state index in [0.717, 1.165) is 35.4 Å². The summed E-state index contributed by atoms with van der Waals surface area (Å²) in [6.45, 7) is 6.68. The summed E-state index contributed by atoms with van der Waals surface area (Å²) in [6, 6.07) is 12.5. The molecule has 2 aromatic carbocycles. The molecule has 4 aromatic rings. The first-order valence-electron chi connectivity index (χ1n) is 14.2. The van der Waals surface area contributed by atoms with Crippen molar-refractivity contribution in [2.45, 2.75) is 33.1 Å². The van der Waals surface area contributed by atoms with Gasteiger partial charge in [-0.25, -0.2) is 14.4 Å². The Hall–Kier alpha value is -3.66. The topological polar surface area (TPSA) is 93.4 Å². The summed E-state index contributed by atoms with van der Waals surface area (Å²) >= 11 is 7.93. The zero-order chi connectivity index (χ0) is 29.4. The molecule has 0 amide bonds. The number of hydrogen-bond donors (Lipinski definition) is 1. The Morgan fingerprint density at radius 2 is 1.95 bits per heavy atom. The maximum atomic E-state index is 13.9. The minimum atomic E-state index is -0.384. The number of benzene rings is 2. The van der Waals surface area contributed by atoms with Gasteiger partial charge >= 0.3 is 5.97 Å². The summed E-state index contributed by atoms with van der Waals surface area (Å²) in [6.07, 6.45) is 4.24. The highest BCUT2D eigenvalue weighted by Crippen LogP contribution is 2.42. The molecule has 1 N–H and O–H groups in total. The summed E-state index contributed by atoms with van der Waals surface area (Å²) in [5.41, 5.74) is 2.75. The van der Waals surface area contributed by atoms with Gasteiger partial charge in [-0.3, -0.25) is 4.79 Å². The number of esters is 1. The van der Waals surface area contributed by atoms with Crippen LogP contribution < -0.4 is 10.5 Å². The van der Waals surface area contributed by atoms with E-state index in [1.54, 1.807) is 43.5 Å². The lowest BCUT2D eigenvalue weighted by atomic mass is 9.88. The number of halogens is 1.